The monoisotopic (exact) mass is 372 g/mol. The molecule has 7 heteroatoms. The minimum Gasteiger partial charge on any atom is -0.459 e. The summed E-state index contributed by atoms with van der Waals surface area (Å²) in [7, 11) is 0. The van der Waals surface area contributed by atoms with Crippen LogP contribution in [0.3, 0.4) is 0 Å². The summed E-state index contributed by atoms with van der Waals surface area (Å²) in [6, 6.07) is 14.0. The van der Waals surface area contributed by atoms with Gasteiger partial charge in [-0.1, -0.05) is 23.7 Å². The normalized spacial score (nSPS) is 10.4. The van der Waals surface area contributed by atoms with E-state index in [1.807, 2.05) is 0 Å². The Labute approximate surface area is 153 Å². The first kappa shape index (κ1) is 17.7. The molecule has 0 aliphatic rings. The Hall–Kier alpha value is -3.12. The molecular formula is C19H14ClFN2O3. The Morgan fingerprint density at radius 2 is 1.73 bits per heavy atom. The Morgan fingerprint density at radius 1 is 1.00 bits per heavy atom. The highest BCUT2D eigenvalue weighted by Gasteiger charge is 2.13. The zero-order valence-electron chi connectivity index (χ0n) is 13.5. The zero-order chi connectivity index (χ0) is 18.5. The molecule has 1 aromatic heterocycles. The van der Waals surface area contributed by atoms with Crippen LogP contribution in [0.1, 0.15) is 16.1 Å². The van der Waals surface area contributed by atoms with Crippen LogP contribution >= 0.6 is 11.6 Å². The fraction of sp³-hybridized carbons (Fsp3) is 0.0526. The van der Waals surface area contributed by atoms with Crippen LogP contribution in [0.4, 0.5) is 15.8 Å². The van der Waals surface area contributed by atoms with Gasteiger partial charge in [0.25, 0.3) is 5.91 Å². The van der Waals surface area contributed by atoms with E-state index < -0.39 is 17.6 Å². The standard InChI is InChI=1S/C19H14ClFN2O3/c20-15-6-2-7-16(21)14(15)11-18(24)22-12-4-1-5-13(10-12)23-19(25)17-8-3-9-26-17/h1-10H,11H2,(H,22,24)(H,23,25). The van der Waals surface area contributed by atoms with Crippen molar-refractivity contribution in [3.63, 3.8) is 0 Å². The van der Waals surface area contributed by atoms with Crippen molar-refractivity contribution in [3.8, 4) is 0 Å². The molecule has 0 aliphatic heterocycles. The average Bonchev–Trinajstić information content (AvgIpc) is 3.13. The molecule has 5 nitrogen and oxygen atoms in total. The molecule has 0 unspecified atom stereocenters. The lowest BCUT2D eigenvalue weighted by Crippen LogP contribution is -2.16. The van der Waals surface area contributed by atoms with E-state index in [0.717, 1.165) is 0 Å². The van der Waals surface area contributed by atoms with Crippen LogP contribution in [0.25, 0.3) is 0 Å². The molecule has 3 aromatic rings. The number of benzene rings is 2. The smallest absolute Gasteiger partial charge is 0.291 e. The van der Waals surface area contributed by atoms with E-state index in [-0.39, 0.29) is 22.8 Å². The number of hydrogen-bond acceptors (Lipinski definition) is 3. The maximum Gasteiger partial charge on any atom is 0.291 e. The Bertz CT molecular complexity index is 921. The van der Waals surface area contributed by atoms with Gasteiger partial charge in [0.1, 0.15) is 5.82 Å². The van der Waals surface area contributed by atoms with Crippen LogP contribution in [0.15, 0.2) is 65.3 Å². The van der Waals surface area contributed by atoms with Crippen molar-refractivity contribution < 1.29 is 18.4 Å². The number of nitrogens with one attached hydrogen (secondary N) is 2. The molecule has 1 heterocycles. The number of anilines is 2. The molecule has 2 aromatic carbocycles. The molecule has 0 saturated heterocycles. The first-order valence-electron chi connectivity index (χ1n) is 7.70. The van der Waals surface area contributed by atoms with Crippen LogP contribution in [-0.4, -0.2) is 11.8 Å². The number of halogens is 2. The van der Waals surface area contributed by atoms with E-state index in [4.69, 9.17) is 16.0 Å². The molecule has 0 saturated carbocycles. The molecule has 3 rings (SSSR count). The van der Waals surface area contributed by atoms with Crippen LogP contribution in [0.2, 0.25) is 5.02 Å². The third kappa shape index (κ3) is 4.29. The van der Waals surface area contributed by atoms with Crippen molar-refractivity contribution in [3.05, 3.63) is 83.0 Å². The second kappa shape index (κ2) is 7.84. The highest BCUT2D eigenvalue weighted by Crippen LogP contribution is 2.21. The minimum absolute atomic E-state index is 0.133. The van der Waals surface area contributed by atoms with Crippen LogP contribution in [0, 0.1) is 5.82 Å². The van der Waals surface area contributed by atoms with E-state index in [1.54, 1.807) is 36.4 Å². The lowest BCUT2D eigenvalue weighted by molar-refractivity contribution is -0.115. The summed E-state index contributed by atoms with van der Waals surface area (Å²) < 4.78 is 18.8. The van der Waals surface area contributed by atoms with Crippen molar-refractivity contribution in [2.45, 2.75) is 6.42 Å². The number of carbonyl (C=O) groups excluding carboxylic acids is 2. The molecule has 2 amide bonds. The predicted octanol–water partition coefficient (Wildman–Crippen LogP) is 4.51. The van der Waals surface area contributed by atoms with Crippen molar-refractivity contribution in [2.24, 2.45) is 0 Å². The number of carbonyl (C=O) groups is 2. The van der Waals surface area contributed by atoms with Crippen LogP contribution in [0.5, 0.6) is 0 Å². The zero-order valence-corrected chi connectivity index (χ0v) is 14.2. The SMILES string of the molecule is O=C(Cc1c(F)cccc1Cl)Nc1cccc(NC(=O)c2ccco2)c1. The number of amides is 2. The largest absolute Gasteiger partial charge is 0.459 e. The fourth-order valence-corrected chi connectivity index (χ4v) is 2.57. The molecule has 26 heavy (non-hydrogen) atoms. The van der Waals surface area contributed by atoms with Gasteiger partial charge in [-0.05, 0) is 42.5 Å². The lowest BCUT2D eigenvalue weighted by Gasteiger charge is -2.09. The van der Waals surface area contributed by atoms with E-state index in [9.17, 15) is 14.0 Å². The molecule has 0 atom stereocenters. The Kier molecular flexibility index (Phi) is 5.34. The summed E-state index contributed by atoms with van der Waals surface area (Å²) in [6.45, 7) is 0. The van der Waals surface area contributed by atoms with Gasteiger partial charge in [0, 0.05) is 22.0 Å². The van der Waals surface area contributed by atoms with Crippen molar-refractivity contribution in [2.75, 3.05) is 10.6 Å². The summed E-state index contributed by atoms with van der Waals surface area (Å²) in [4.78, 5) is 24.1. The van der Waals surface area contributed by atoms with Crippen LogP contribution < -0.4 is 10.6 Å². The summed E-state index contributed by atoms with van der Waals surface area (Å²) in [5.41, 5.74) is 1.07. The molecule has 0 bridgehead atoms. The van der Waals surface area contributed by atoms with Gasteiger partial charge in [-0.2, -0.15) is 0 Å². The highest BCUT2D eigenvalue weighted by atomic mass is 35.5. The van der Waals surface area contributed by atoms with Gasteiger partial charge < -0.3 is 15.1 Å². The van der Waals surface area contributed by atoms with E-state index in [1.165, 1.54) is 24.5 Å². The second-order valence-corrected chi connectivity index (χ2v) is 5.84. The minimum atomic E-state index is -0.535. The van der Waals surface area contributed by atoms with Crippen molar-refractivity contribution in [1.29, 1.82) is 0 Å². The van der Waals surface area contributed by atoms with Gasteiger partial charge in [-0.15, -0.1) is 0 Å². The lowest BCUT2D eigenvalue weighted by atomic mass is 10.1. The number of rotatable bonds is 5. The first-order chi connectivity index (χ1) is 12.5. The third-order valence-corrected chi connectivity index (χ3v) is 3.90. The van der Waals surface area contributed by atoms with E-state index >= 15 is 0 Å². The summed E-state index contributed by atoms with van der Waals surface area (Å²) in [6.07, 6.45) is 1.20. The summed E-state index contributed by atoms with van der Waals surface area (Å²) >= 11 is 5.93. The van der Waals surface area contributed by atoms with Gasteiger partial charge in [-0.25, -0.2) is 4.39 Å². The number of hydrogen-bond donors (Lipinski definition) is 2. The average molecular weight is 373 g/mol. The molecule has 2 N–H and O–H groups in total. The van der Waals surface area contributed by atoms with E-state index in [2.05, 4.69) is 10.6 Å². The molecule has 132 valence electrons. The molecular weight excluding hydrogens is 359 g/mol. The number of furan rings is 1. The molecule has 0 aliphatic carbocycles. The summed E-state index contributed by atoms with van der Waals surface area (Å²) in [5, 5.41) is 5.51. The third-order valence-electron chi connectivity index (χ3n) is 3.55. The Balaban J connectivity index is 1.66. The molecule has 0 radical (unpaired) electrons. The Morgan fingerprint density at radius 3 is 2.42 bits per heavy atom. The van der Waals surface area contributed by atoms with Gasteiger partial charge in [0.05, 0.1) is 12.7 Å². The topological polar surface area (TPSA) is 71.3 Å². The highest BCUT2D eigenvalue weighted by molar-refractivity contribution is 6.31. The van der Waals surface area contributed by atoms with Gasteiger partial charge in [-0.3, -0.25) is 9.59 Å². The molecule has 0 spiro atoms. The van der Waals surface area contributed by atoms with Crippen molar-refractivity contribution >= 4 is 34.8 Å². The van der Waals surface area contributed by atoms with Gasteiger partial charge >= 0.3 is 0 Å². The van der Waals surface area contributed by atoms with E-state index in [0.29, 0.717) is 11.4 Å². The maximum absolute atomic E-state index is 13.8. The van der Waals surface area contributed by atoms with Crippen molar-refractivity contribution in [1.82, 2.24) is 0 Å². The fourth-order valence-electron chi connectivity index (χ4n) is 2.34. The molecule has 0 fully saturated rings. The summed E-state index contributed by atoms with van der Waals surface area (Å²) in [5.74, 6) is -1.19. The first-order valence-corrected chi connectivity index (χ1v) is 8.08. The quantitative estimate of drug-likeness (QED) is 0.692. The van der Waals surface area contributed by atoms with Crippen LogP contribution in [-0.2, 0) is 11.2 Å². The maximum atomic E-state index is 13.8. The predicted molar refractivity (Wildman–Crippen MR) is 96.8 cm³/mol. The van der Waals surface area contributed by atoms with Gasteiger partial charge in [0.15, 0.2) is 5.76 Å². The second-order valence-electron chi connectivity index (χ2n) is 5.44. The van der Waals surface area contributed by atoms with Gasteiger partial charge in [0.2, 0.25) is 5.91 Å².